The van der Waals surface area contributed by atoms with Crippen LogP contribution in [0, 0.1) is 0 Å². The van der Waals surface area contributed by atoms with Crippen molar-refractivity contribution in [1.82, 2.24) is 0 Å². The predicted octanol–water partition coefficient (Wildman–Crippen LogP) is 3.46. The summed E-state index contributed by atoms with van der Waals surface area (Å²) in [4.78, 5) is 0.0389. The van der Waals surface area contributed by atoms with Crippen LogP contribution in [0.3, 0.4) is 0 Å². The van der Waals surface area contributed by atoms with E-state index < -0.39 is 10.0 Å². The largest absolute Gasteiger partial charge is 0.497 e. The van der Waals surface area contributed by atoms with Gasteiger partial charge in [-0.3, -0.25) is 4.72 Å². The van der Waals surface area contributed by atoms with Gasteiger partial charge in [0.15, 0.2) is 0 Å². The van der Waals surface area contributed by atoms with Crippen LogP contribution < -0.4 is 14.2 Å². The first-order chi connectivity index (χ1) is 11.0. The van der Waals surface area contributed by atoms with Gasteiger partial charge in [0, 0.05) is 11.8 Å². The smallest absolute Gasteiger partial charge is 0.265 e. The van der Waals surface area contributed by atoms with E-state index in [2.05, 4.69) is 11.6 Å². The third-order valence-electron chi connectivity index (χ3n) is 3.41. The van der Waals surface area contributed by atoms with Crippen molar-refractivity contribution in [3.05, 3.63) is 48.0 Å². The summed E-state index contributed by atoms with van der Waals surface area (Å²) in [5, 5.41) is 0. The minimum absolute atomic E-state index is 0.0389. The van der Waals surface area contributed by atoms with Crippen molar-refractivity contribution in [3.63, 3.8) is 0 Å². The summed E-state index contributed by atoms with van der Waals surface area (Å²) in [5.41, 5.74) is 1.68. The van der Waals surface area contributed by atoms with Crippen LogP contribution in [0.2, 0.25) is 0 Å². The maximum atomic E-state index is 12.6. The second kappa shape index (κ2) is 7.37. The Morgan fingerprint density at radius 3 is 2.26 bits per heavy atom. The summed E-state index contributed by atoms with van der Waals surface area (Å²) < 4.78 is 38.0. The Morgan fingerprint density at radius 2 is 1.70 bits per heavy atom. The highest BCUT2D eigenvalue weighted by Crippen LogP contribution is 2.29. The first kappa shape index (κ1) is 17.1. The molecule has 5 nitrogen and oxygen atoms in total. The lowest BCUT2D eigenvalue weighted by atomic mass is 10.1. The van der Waals surface area contributed by atoms with Crippen LogP contribution in [0.15, 0.2) is 47.4 Å². The van der Waals surface area contributed by atoms with E-state index in [-0.39, 0.29) is 10.6 Å². The third kappa shape index (κ3) is 4.16. The summed E-state index contributed by atoms with van der Waals surface area (Å²) in [6.45, 7) is 2.10. The van der Waals surface area contributed by atoms with Gasteiger partial charge >= 0.3 is 0 Å². The lowest BCUT2D eigenvalue weighted by Crippen LogP contribution is -2.14. The molecule has 0 unspecified atom stereocenters. The van der Waals surface area contributed by atoms with E-state index in [1.807, 2.05) is 12.1 Å². The zero-order chi connectivity index (χ0) is 16.9. The van der Waals surface area contributed by atoms with E-state index >= 15 is 0 Å². The van der Waals surface area contributed by atoms with Gasteiger partial charge < -0.3 is 9.47 Å². The van der Waals surface area contributed by atoms with Crippen LogP contribution in [0.4, 0.5) is 5.69 Å². The van der Waals surface area contributed by atoms with Gasteiger partial charge in [0.25, 0.3) is 10.0 Å². The molecule has 124 valence electrons. The van der Waals surface area contributed by atoms with Crippen molar-refractivity contribution >= 4 is 15.7 Å². The van der Waals surface area contributed by atoms with Gasteiger partial charge in [-0.1, -0.05) is 25.5 Å². The van der Waals surface area contributed by atoms with Crippen LogP contribution in [0.5, 0.6) is 11.5 Å². The molecule has 23 heavy (non-hydrogen) atoms. The van der Waals surface area contributed by atoms with Crippen molar-refractivity contribution in [3.8, 4) is 11.5 Å². The maximum Gasteiger partial charge on any atom is 0.265 e. The van der Waals surface area contributed by atoms with E-state index in [1.165, 1.54) is 25.8 Å². The monoisotopic (exact) mass is 335 g/mol. The quantitative estimate of drug-likeness (QED) is 0.841. The number of hydrogen-bond donors (Lipinski definition) is 1. The molecule has 0 amide bonds. The number of sulfonamides is 1. The summed E-state index contributed by atoms with van der Waals surface area (Å²) in [6, 6.07) is 12.0. The Balaban J connectivity index is 2.31. The summed E-state index contributed by atoms with van der Waals surface area (Å²) in [5.74, 6) is 0.713. The highest BCUT2D eigenvalue weighted by Gasteiger charge is 2.20. The van der Waals surface area contributed by atoms with Crippen molar-refractivity contribution in [2.75, 3.05) is 18.9 Å². The molecule has 0 bridgehead atoms. The average molecular weight is 335 g/mol. The van der Waals surface area contributed by atoms with Gasteiger partial charge in [0.2, 0.25) is 0 Å². The van der Waals surface area contributed by atoms with Gasteiger partial charge in [-0.05, 0) is 36.2 Å². The van der Waals surface area contributed by atoms with E-state index in [1.54, 1.807) is 24.3 Å². The van der Waals surface area contributed by atoms with Crippen molar-refractivity contribution in [1.29, 1.82) is 0 Å². The topological polar surface area (TPSA) is 64.6 Å². The Morgan fingerprint density at radius 1 is 1.00 bits per heavy atom. The maximum absolute atomic E-state index is 12.6. The fourth-order valence-corrected chi connectivity index (χ4v) is 3.48. The van der Waals surface area contributed by atoms with Gasteiger partial charge in [-0.15, -0.1) is 0 Å². The van der Waals surface area contributed by atoms with Gasteiger partial charge in [-0.25, -0.2) is 8.42 Å². The third-order valence-corrected chi connectivity index (χ3v) is 4.81. The van der Waals surface area contributed by atoms with E-state index in [9.17, 15) is 8.42 Å². The van der Waals surface area contributed by atoms with Gasteiger partial charge in [0.1, 0.15) is 16.4 Å². The number of rotatable bonds is 7. The summed E-state index contributed by atoms with van der Waals surface area (Å²) in [7, 11) is -0.854. The van der Waals surface area contributed by atoms with E-state index in [4.69, 9.17) is 9.47 Å². The lowest BCUT2D eigenvalue weighted by Gasteiger charge is -2.13. The summed E-state index contributed by atoms with van der Waals surface area (Å²) in [6.07, 6.45) is 2.02. The molecule has 0 aliphatic heterocycles. The zero-order valence-corrected chi connectivity index (χ0v) is 14.3. The van der Waals surface area contributed by atoms with Crippen LogP contribution in [-0.2, 0) is 16.4 Å². The van der Waals surface area contributed by atoms with Crippen LogP contribution >= 0.6 is 0 Å². The number of aryl methyl sites for hydroxylation is 1. The van der Waals surface area contributed by atoms with Crippen molar-refractivity contribution in [2.24, 2.45) is 0 Å². The molecule has 0 spiro atoms. The molecule has 0 heterocycles. The molecule has 2 aromatic carbocycles. The van der Waals surface area contributed by atoms with Crippen molar-refractivity contribution in [2.45, 2.75) is 24.7 Å². The first-order valence-electron chi connectivity index (χ1n) is 7.34. The normalized spacial score (nSPS) is 11.1. The minimum Gasteiger partial charge on any atom is -0.497 e. The second-order valence-electron chi connectivity index (χ2n) is 5.07. The number of anilines is 1. The second-order valence-corrected chi connectivity index (χ2v) is 6.72. The fourth-order valence-electron chi connectivity index (χ4n) is 2.23. The highest BCUT2D eigenvalue weighted by molar-refractivity contribution is 7.92. The standard InChI is InChI=1S/C17H21NO4S/c1-4-5-13-6-8-14(9-7-13)18-23(19,20)17-12-15(21-2)10-11-16(17)22-3/h6-12,18H,4-5H2,1-3H3. The molecule has 0 saturated carbocycles. The molecule has 0 radical (unpaired) electrons. The van der Waals surface area contributed by atoms with Crippen LogP contribution in [-0.4, -0.2) is 22.6 Å². The average Bonchev–Trinajstić information content (AvgIpc) is 2.56. The number of nitrogens with one attached hydrogen (secondary N) is 1. The van der Waals surface area contributed by atoms with E-state index in [0.29, 0.717) is 11.4 Å². The Bertz CT molecular complexity index is 755. The van der Waals surface area contributed by atoms with Gasteiger partial charge in [0.05, 0.1) is 14.2 Å². The summed E-state index contributed by atoms with van der Waals surface area (Å²) >= 11 is 0. The fraction of sp³-hybridized carbons (Fsp3) is 0.294. The Hall–Kier alpha value is -2.21. The molecule has 0 atom stereocenters. The number of benzene rings is 2. The molecule has 0 aliphatic carbocycles. The molecule has 0 fully saturated rings. The molecule has 1 N–H and O–H groups in total. The number of methoxy groups -OCH3 is 2. The molecule has 0 aliphatic rings. The lowest BCUT2D eigenvalue weighted by molar-refractivity contribution is 0.392. The van der Waals surface area contributed by atoms with Crippen LogP contribution in [0.25, 0.3) is 0 Å². The molecule has 0 aromatic heterocycles. The first-order valence-corrected chi connectivity index (χ1v) is 8.82. The molecular formula is C17H21NO4S. The zero-order valence-electron chi connectivity index (χ0n) is 13.5. The molecule has 0 saturated heterocycles. The SMILES string of the molecule is CCCc1ccc(NS(=O)(=O)c2cc(OC)ccc2OC)cc1. The molecule has 2 aromatic rings. The molecular weight excluding hydrogens is 314 g/mol. The van der Waals surface area contributed by atoms with Crippen molar-refractivity contribution < 1.29 is 17.9 Å². The highest BCUT2D eigenvalue weighted by atomic mass is 32.2. The van der Waals surface area contributed by atoms with Gasteiger partial charge in [-0.2, -0.15) is 0 Å². The van der Waals surface area contributed by atoms with E-state index in [0.717, 1.165) is 12.8 Å². The predicted molar refractivity (Wildman–Crippen MR) is 90.8 cm³/mol. The minimum atomic E-state index is -3.77. The number of hydrogen-bond acceptors (Lipinski definition) is 4. The molecule has 2 rings (SSSR count). The Labute approximate surface area is 137 Å². The molecule has 6 heteroatoms. The Kier molecular flexibility index (Phi) is 5.50. The van der Waals surface area contributed by atoms with Crippen LogP contribution in [0.1, 0.15) is 18.9 Å². The number of ether oxygens (including phenoxy) is 2.